The van der Waals surface area contributed by atoms with E-state index in [0.29, 0.717) is 15.8 Å². The lowest BCUT2D eigenvalue weighted by atomic mass is 10.3. The van der Waals surface area contributed by atoms with Crippen LogP contribution in [0.25, 0.3) is 10.2 Å². The summed E-state index contributed by atoms with van der Waals surface area (Å²) in [7, 11) is 0. The van der Waals surface area contributed by atoms with Crippen molar-refractivity contribution >= 4 is 50.0 Å². The molecule has 2 amide bonds. The van der Waals surface area contributed by atoms with Crippen LogP contribution in [-0.4, -0.2) is 16.0 Å². The molecule has 2 N–H and O–H groups in total. The van der Waals surface area contributed by atoms with Crippen LogP contribution in [0.1, 0.15) is 0 Å². The van der Waals surface area contributed by atoms with Gasteiger partial charge < -0.3 is 5.32 Å². The standard InChI is InChI=1S/C13H9ClN4OS/c14-8-1-2-10-11(7-8)20-13(17-10)18-12(19)16-9-3-5-15-6-4-9/h1-7H,(H2,15,16,17,18,19). The number of nitrogens with zero attached hydrogens (tertiary/aromatic N) is 2. The topological polar surface area (TPSA) is 66.9 Å². The van der Waals surface area contributed by atoms with Gasteiger partial charge in [-0.2, -0.15) is 0 Å². The number of rotatable bonds is 2. The molecule has 100 valence electrons. The molecule has 0 saturated heterocycles. The summed E-state index contributed by atoms with van der Waals surface area (Å²) in [6.45, 7) is 0. The molecule has 0 bridgehead atoms. The summed E-state index contributed by atoms with van der Waals surface area (Å²) in [5, 5.41) is 6.56. The van der Waals surface area contributed by atoms with E-state index >= 15 is 0 Å². The summed E-state index contributed by atoms with van der Waals surface area (Å²) in [5.74, 6) is 0. The Balaban J connectivity index is 1.74. The summed E-state index contributed by atoms with van der Waals surface area (Å²) >= 11 is 7.28. The van der Waals surface area contributed by atoms with Gasteiger partial charge >= 0.3 is 6.03 Å². The molecule has 2 heterocycles. The number of thiazole rings is 1. The van der Waals surface area contributed by atoms with Crippen LogP contribution in [0.3, 0.4) is 0 Å². The van der Waals surface area contributed by atoms with Crippen molar-refractivity contribution in [1.82, 2.24) is 9.97 Å². The number of benzene rings is 1. The lowest BCUT2D eigenvalue weighted by Crippen LogP contribution is -2.19. The van der Waals surface area contributed by atoms with Crippen LogP contribution in [-0.2, 0) is 0 Å². The zero-order valence-corrected chi connectivity index (χ0v) is 11.7. The molecular weight excluding hydrogens is 296 g/mol. The molecular formula is C13H9ClN4OS. The molecule has 5 nitrogen and oxygen atoms in total. The van der Waals surface area contributed by atoms with Crippen LogP contribution in [0.15, 0.2) is 42.7 Å². The summed E-state index contributed by atoms with van der Waals surface area (Å²) in [5.41, 5.74) is 1.47. The van der Waals surface area contributed by atoms with Crippen molar-refractivity contribution in [2.24, 2.45) is 0 Å². The van der Waals surface area contributed by atoms with Crippen molar-refractivity contribution in [3.05, 3.63) is 47.7 Å². The van der Waals surface area contributed by atoms with Gasteiger partial charge in [-0.05, 0) is 30.3 Å². The Kier molecular flexibility index (Phi) is 3.49. The molecule has 0 atom stereocenters. The van der Waals surface area contributed by atoms with Crippen LogP contribution >= 0.6 is 22.9 Å². The molecule has 0 aliphatic carbocycles. The number of halogens is 1. The third-order valence-corrected chi connectivity index (χ3v) is 3.68. The summed E-state index contributed by atoms with van der Waals surface area (Å²) in [6, 6.07) is 8.47. The molecule has 20 heavy (non-hydrogen) atoms. The molecule has 0 spiro atoms. The van der Waals surface area contributed by atoms with Crippen LogP contribution in [0.2, 0.25) is 5.02 Å². The monoisotopic (exact) mass is 304 g/mol. The predicted molar refractivity (Wildman–Crippen MR) is 81.5 cm³/mol. The number of urea groups is 1. The maximum atomic E-state index is 11.8. The molecule has 3 aromatic rings. The van der Waals surface area contributed by atoms with E-state index in [1.54, 1.807) is 30.6 Å². The number of hydrogen-bond donors (Lipinski definition) is 2. The number of fused-ring (bicyclic) bond motifs is 1. The van der Waals surface area contributed by atoms with Crippen LogP contribution < -0.4 is 10.6 Å². The largest absolute Gasteiger partial charge is 0.325 e. The minimum absolute atomic E-state index is 0.346. The molecule has 0 aliphatic heterocycles. The summed E-state index contributed by atoms with van der Waals surface area (Å²) in [6.07, 6.45) is 3.21. The third-order valence-electron chi connectivity index (χ3n) is 2.51. The van der Waals surface area contributed by atoms with E-state index in [4.69, 9.17) is 11.6 Å². The van der Waals surface area contributed by atoms with E-state index in [1.165, 1.54) is 11.3 Å². The van der Waals surface area contributed by atoms with Gasteiger partial charge in [-0.15, -0.1) is 0 Å². The molecule has 1 aromatic carbocycles. The van der Waals surface area contributed by atoms with Crippen molar-refractivity contribution in [1.29, 1.82) is 0 Å². The molecule has 3 rings (SSSR count). The lowest BCUT2D eigenvalue weighted by molar-refractivity contribution is 0.262. The highest BCUT2D eigenvalue weighted by Crippen LogP contribution is 2.28. The fourth-order valence-electron chi connectivity index (χ4n) is 1.65. The first-order valence-corrected chi connectivity index (χ1v) is 6.94. The van der Waals surface area contributed by atoms with Gasteiger partial charge in [0.15, 0.2) is 5.13 Å². The van der Waals surface area contributed by atoms with E-state index in [0.717, 1.165) is 10.2 Å². The molecule has 2 aromatic heterocycles. The van der Waals surface area contributed by atoms with E-state index in [1.807, 2.05) is 12.1 Å². The fraction of sp³-hybridized carbons (Fsp3) is 0. The van der Waals surface area contributed by atoms with Gasteiger partial charge in [0.2, 0.25) is 0 Å². The maximum absolute atomic E-state index is 11.8. The molecule has 0 fully saturated rings. The SMILES string of the molecule is O=C(Nc1ccncc1)Nc1nc2ccc(Cl)cc2s1. The van der Waals surface area contributed by atoms with Crippen molar-refractivity contribution in [2.75, 3.05) is 10.6 Å². The Labute approximate surface area is 123 Å². The van der Waals surface area contributed by atoms with Gasteiger partial charge in [0, 0.05) is 23.1 Å². The Morgan fingerprint density at radius 1 is 1.15 bits per heavy atom. The van der Waals surface area contributed by atoms with Crippen molar-refractivity contribution in [3.8, 4) is 0 Å². The average Bonchev–Trinajstić information content (AvgIpc) is 2.80. The molecule has 0 radical (unpaired) electrons. The van der Waals surface area contributed by atoms with E-state index in [-0.39, 0.29) is 6.03 Å². The smallest absolute Gasteiger partial charge is 0.308 e. The quantitative estimate of drug-likeness (QED) is 0.752. The Bertz CT molecular complexity index is 759. The first-order valence-electron chi connectivity index (χ1n) is 5.75. The van der Waals surface area contributed by atoms with Gasteiger partial charge in [0.1, 0.15) is 0 Å². The van der Waals surface area contributed by atoms with E-state index < -0.39 is 0 Å². The highest BCUT2D eigenvalue weighted by molar-refractivity contribution is 7.22. The normalized spacial score (nSPS) is 10.4. The predicted octanol–water partition coefficient (Wildman–Crippen LogP) is 3.99. The first-order chi connectivity index (χ1) is 9.70. The van der Waals surface area contributed by atoms with Gasteiger partial charge in [-0.3, -0.25) is 10.3 Å². The Morgan fingerprint density at radius 2 is 1.95 bits per heavy atom. The number of carbonyl (C=O) groups is 1. The second kappa shape index (κ2) is 5.44. The van der Waals surface area contributed by atoms with Gasteiger partial charge in [-0.1, -0.05) is 22.9 Å². The number of aromatic nitrogens is 2. The Morgan fingerprint density at radius 3 is 2.75 bits per heavy atom. The highest BCUT2D eigenvalue weighted by Gasteiger charge is 2.08. The van der Waals surface area contributed by atoms with Gasteiger partial charge in [0.25, 0.3) is 0 Å². The third kappa shape index (κ3) is 2.87. The lowest BCUT2D eigenvalue weighted by Gasteiger charge is -2.03. The van der Waals surface area contributed by atoms with Crippen molar-refractivity contribution < 1.29 is 4.79 Å². The molecule has 7 heteroatoms. The van der Waals surface area contributed by atoms with E-state index in [2.05, 4.69) is 20.6 Å². The average molecular weight is 305 g/mol. The molecule has 0 unspecified atom stereocenters. The van der Waals surface area contributed by atoms with Gasteiger partial charge in [0.05, 0.1) is 10.2 Å². The second-order valence-electron chi connectivity index (χ2n) is 3.95. The Hall–Kier alpha value is -2.18. The van der Waals surface area contributed by atoms with Crippen LogP contribution in [0.4, 0.5) is 15.6 Å². The number of nitrogens with one attached hydrogen (secondary N) is 2. The number of anilines is 2. The molecule has 0 aliphatic rings. The number of amides is 2. The van der Waals surface area contributed by atoms with Crippen LogP contribution in [0, 0.1) is 0 Å². The van der Waals surface area contributed by atoms with Gasteiger partial charge in [-0.25, -0.2) is 9.78 Å². The first kappa shape index (κ1) is 12.8. The zero-order valence-electron chi connectivity index (χ0n) is 10.1. The summed E-state index contributed by atoms with van der Waals surface area (Å²) < 4.78 is 0.928. The minimum atomic E-state index is -0.346. The fourth-order valence-corrected chi connectivity index (χ4v) is 2.78. The van der Waals surface area contributed by atoms with Crippen LogP contribution in [0.5, 0.6) is 0 Å². The number of carbonyl (C=O) groups excluding carboxylic acids is 1. The maximum Gasteiger partial charge on any atom is 0.325 e. The number of pyridine rings is 1. The number of hydrogen-bond acceptors (Lipinski definition) is 4. The van der Waals surface area contributed by atoms with Crippen molar-refractivity contribution in [2.45, 2.75) is 0 Å². The minimum Gasteiger partial charge on any atom is -0.308 e. The van der Waals surface area contributed by atoms with E-state index in [9.17, 15) is 4.79 Å². The highest BCUT2D eigenvalue weighted by atomic mass is 35.5. The summed E-state index contributed by atoms with van der Waals surface area (Å²) in [4.78, 5) is 20.0. The zero-order chi connectivity index (χ0) is 13.9. The second-order valence-corrected chi connectivity index (χ2v) is 5.41. The van der Waals surface area contributed by atoms with Crippen molar-refractivity contribution in [3.63, 3.8) is 0 Å². The molecule has 0 saturated carbocycles.